The molecule has 0 atom stereocenters. The summed E-state index contributed by atoms with van der Waals surface area (Å²) in [4.78, 5) is 22.0. The molecule has 0 fully saturated rings. The molecular formula is C12H17N3O4. The molecule has 0 saturated heterocycles. The fourth-order valence-corrected chi connectivity index (χ4v) is 1.48. The largest absolute Gasteiger partial charge is 0.383 e. The number of carbonyl (C=O) groups is 1. The van der Waals surface area contributed by atoms with E-state index in [9.17, 15) is 14.9 Å². The fourth-order valence-electron chi connectivity index (χ4n) is 1.48. The average Bonchev–Trinajstić information content (AvgIpc) is 2.42. The predicted octanol–water partition coefficient (Wildman–Crippen LogP) is 0.561. The fraction of sp³-hybridized carbons (Fsp3) is 0.417. The number of benzene rings is 1. The highest BCUT2D eigenvalue weighted by Crippen LogP contribution is 2.16. The van der Waals surface area contributed by atoms with Gasteiger partial charge in [-0.3, -0.25) is 14.9 Å². The molecule has 0 aliphatic carbocycles. The molecule has 0 aliphatic heterocycles. The van der Waals surface area contributed by atoms with Crippen LogP contribution in [0.2, 0.25) is 0 Å². The number of nitrogens with zero attached hydrogens (tertiary/aromatic N) is 1. The molecule has 104 valence electrons. The van der Waals surface area contributed by atoms with E-state index in [1.54, 1.807) is 13.2 Å². The standard InChI is InChI=1S/C12H17N3O4/c1-19-9-8-13-6-7-14-12(16)10-4-2-3-5-11(10)15(17)18/h2-5,13H,6-9H2,1H3,(H,14,16). The molecule has 1 amide bonds. The number of ether oxygens (including phenoxy) is 1. The van der Waals surface area contributed by atoms with Crippen molar-refractivity contribution in [2.75, 3.05) is 33.4 Å². The maximum Gasteiger partial charge on any atom is 0.282 e. The van der Waals surface area contributed by atoms with Crippen molar-refractivity contribution in [1.82, 2.24) is 10.6 Å². The van der Waals surface area contributed by atoms with Gasteiger partial charge in [0.25, 0.3) is 11.6 Å². The van der Waals surface area contributed by atoms with Crippen molar-refractivity contribution in [2.45, 2.75) is 0 Å². The Morgan fingerprint density at radius 1 is 1.32 bits per heavy atom. The first-order valence-corrected chi connectivity index (χ1v) is 5.88. The Balaban J connectivity index is 2.43. The van der Waals surface area contributed by atoms with Crippen LogP contribution < -0.4 is 10.6 Å². The molecule has 7 nitrogen and oxygen atoms in total. The van der Waals surface area contributed by atoms with E-state index in [0.717, 1.165) is 0 Å². The Bertz CT molecular complexity index is 437. The highest BCUT2D eigenvalue weighted by molar-refractivity contribution is 5.98. The molecule has 1 rings (SSSR count). The maximum atomic E-state index is 11.8. The molecular weight excluding hydrogens is 250 g/mol. The monoisotopic (exact) mass is 267 g/mol. The van der Waals surface area contributed by atoms with Crippen LogP contribution in [0.1, 0.15) is 10.4 Å². The molecule has 0 aromatic heterocycles. The number of nitro groups is 1. The summed E-state index contributed by atoms with van der Waals surface area (Å²) in [5, 5.41) is 16.5. The number of carbonyl (C=O) groups excluding carboxylic acids is 1. The number of nitro benzene ring substituents is 1. The van der Waals surface area contributed by atoms with E-state index in [2.05, 4.69) is 10.6 Å². The Morgan fingerprint density at radius 2 is 2.05 bits per heavy atom. The first kappa shape index (κ1) is 15.1. The summed E-state index contributed by atoms with van der Waals surface area (Å²) in [6.07, 6.45) is 0. The SMILES string of the molecule is COCCNCCNC(=O)c1ccccc1[N+](=O)[O-]. The van der Waals surface area contributed by atoms with Gasteiger partial charge in [0.15, 0.2) is 0 Å². The van der Waals surface area contributed by atoms with Gasteiger partial charge in [-0.15, -0.1) is 0 Å². The van der Waals surface area contributed by atoms with Crippen LogP contribution in [0.25, 0.3) is 0 Å². The Hall–Kier alpha value is -1.99. The van der Waals surface area contributed by atoms with Crippen molar-refractivity contribution in [1.29, 1.82) is 0 Å². The van der Waals surface area contributed by atoms with Crippen LogP contribution in [-0.2, 0) is 4.74 Å². The second-order valence-electron chi connectivity index (χ2n) is 3.77. The van der Waals surface area contributed by atoms with Crippen LogP contribution in [0.4, 0.5) is 5.69 Å². The number of nitrogens with one attached hydrogen (secondary N) is 2. The van der Waals surface area contributed by atoms with Crippen molar-refractivity contribution in [3.63, 3.8) is 0 Å². The minimum absolute atomic E-state index is 0.0735. The van der Waals surface area contributed by atoms with Crippen LogP contribution in [0.5, 0.6) is 0 Å². The van der Waals surface area contributed by atoms with Gasteiger partial charge in [-0.1, -0.05) is 12.1 Å². The van der Waals surface area contributed by atoms with E-state index in [-0.39, 0.29) is 11.3 Å². The van der Waals surface area contributed by atoms with Crippen molar-refractivity contribution >= 4 is 11.6 Å². The minimum Gasteiger partial charge on any atom is -0.383 e. The zero-order valence-electron chi connectivity index (χ0n) is 10.7. The van der Waals surface area contributed by atoms with E-state index in [4.69, 9.17) is 4.74 Å². The second kappa shape index (κ2) is 8.17. The van der Waals surface area contributed by atoms with Crippen LogP contribution in [-0.4, -0.2) is 44.2 Å². The summed E-state index contributed by atoms with van der Waals surface area (Å²) in [6, 6.07) is 5.87. The van der Waals surface area contributed by atoms with Crippen LogP contribution in [0.15, 0.2) is 24.3 Å². The number of methoxy groups -OCH3 is 1. The molecule has 0 spiro atoms. The van der Waals surface area contributed by atoms with Gasteiger partial charge in [0.1, 0.15) is 5.56 Å². The third-order valence-corrected chi connectivity index (χ3v) is 2.42. The van der Waals surface area contributed by atoms with Crippen molar-refractivity contribution in [3.8, 4) is 0 Å². The molecule has 2 N–H and O–H groups in total. The topological polar surface area (TPSA) is 93.5 Å². The van der Waals surface area contributed by atoms with E-state index in [0.29, 0.717) is 26.2 Å². The van der Waals surface area contributed by atoms with Gasteiger partial charge < -0.3 is 15.4 Å². The Labute approximate surface area is 111 Å². The van der Waals surface area contributed by atoms with Gasteiger partial charge in [-0.25, -0.2) is 0 Å². The van der Waals surface area contributed by atoms with Crippen LogP contribution >= 0.6 is 0 Å². The molecule has 0 saturated carbocycles. The minimum atomic E-state index is -0.564. The third-order valence-electron chi connectivity index (χ3n) is 2.42. The van der Waals surface area contributed by atoms with Crippen LogP contribution in [0, 0.1) is 10.1 Å². The average molecular weight is 267 g/mol. The highest BCUT2D eigenvalue weighted by Gasteiger charge is 2.18. The molecule has 19 heavy (non-hydrogen) atoms. The summed E-state index contributed by atoms with van der Waals surface area (Å²) >= 11 is 0. The third kappa shape index (κ3) is 5.02. The molecule has 0 aliphatic rings. The summed E-state index contributed by atoms with van der Waals surface area (Å²) in [7, 11) is 1.61. The van der Waals surface area contributed by atoms with E-state index >= 15 is 0 Å². The van der Waals surface area contributed by atoms with Gasteiger partial charge in [0.05, 0.1) is 11.5 Å². The molecule has 0 radical (unpaired) electrons. The number of para-hydroxylation sites is 1. The lowest BCUT2D eigenvalue weighted by molar-refractivity contribution is -0.385. The number of rotatable bonds is 8. The lowest BCUT2D eigenvalue weighted by atomic mass is 10.1. The first-order chi connectivity index (χ1) is 9.16. The lowest BCUT2D eigenvalue weighted by Crippen LogP contribution is -2.33. The van der Waals surface area contributed by atoms with Gasteiger partial charge in [0, 0.05) is 32.8 Å². The second-order valence-corrected chi connectivity index (χ2v) is 3.77. The summed E-state index contributed by atoms with van der Waals surface area (Å²) in [5.74, 6) is -0.444. The lowest BCUT2D eigenvalue weighted by Gasteiger charge is -2.06. The van der Waals surface area contributed by atoms with E-state index < -0.39 is 10.8 Å². The summed E-state index contributed by atoms with van der Waals surface area (Å²) in [5.41, 5.74) is -0.114. The van der Waals surface area contributed by atoms with Crippen LogP contribution in [0.3, 0.4) is 0 Å². The smallest absolute Gasteiger partial charge is 0.282 e. The molecule has 1 aromatic rings. The van der Waals surface area contributed by atoms with Crippen molar-refractivity contribution in [3.05, 3.63) is 39.9 Å². The normalized spacial score (nSPS) is 10.2. The number of amides is 1. The maximum absolute atomic E-state index is 11.8. The van der Waals surface area contributed by atoms with Gasteiger partial charge in [-0.05, 0) is 6.07 Å². The molecule has 7 heteroatoms. The summed E-state index contributed by atoms with van der Waals surface area (Å²) in [6.45, 7) is 2.26. The molecule has 0 bridgehead atoms. The highest BCUT2D eigenvalue weighted by atomic mass is 16.6. The first-order valence-electron chi connectivity index (χ1n) is 5.88. The quantitative estimate of drug-likeness (QED) is 0.408. The van der Waals surface area contributed by atoms with E-state index in [1.165, 1.54) is 18.2 Å². The van der Waals surface area contributed by atoms with Crippen molar-refractivity contribution in [2.24, 2.45) is 0 Å². The Morgan fingerprint density at radius 3 is 2.74 bits per heavy atom. The zero-order chi connectivity index (χ0) is 14.1. The predicted molar refractivity (Wildman–Crippen MR) is 70.2 cm³/mol. The zero-order valence-corrected chi connectivity index (χ0v) is 10.7. The van der Waals surface area contributed by atoms with E-state index in [1.807, 2.05) is 0 Å². The summed E-state index contributed by atoms with van der Waals surface area (Å²) < 4.78 is 4.86. The van der Waals surface area contributed by atoms with Gasteiger partial charge in [0.2, 0.25) is 0 Å². The van der Waals surface area contributed by atoms with Gasteiger partial charge in [-0.2, -0.15) is 0 Å². The molecule has 0 unspecified atom stereocenters. The number of hydrogen-bond acceptors (Lipinski definition) is 5. The molecule has 1 aromatic carbocycles. The number of hydrogen-bond donors (Lipinski definition) is 2. The van der Waals surface area contributed by atoms with Crippen molar-refractivity contribution < 1.29 is 14.5 Å². The molecule has 0 heterocycles. The van der Waals surface area contributed by atoms with Gasteiger partial charge >= 0.3 is 0 Å². The Kier molecular flexibility index (Phi) is 6.48.